The van der Waals surface area contributed by atoms with Crippen LogP contribution >= 0.6 is 24.0 Å². The highest BCUT2D eigenvalue weighted by molar-refractivity contribution is 14.0. The summed E-state index contributed by atoms with van der Waals surface area (Å²) in [6, 6.07) is 7.84. The molecule has 0 saturated carbocycles. The summed E-state index contributed by atoms with van der Waals surface area (Å²) in [6.45, 7) is 4.44. The van der Waals surface area contributed by atoms with Crippen LogP contribution in [0.15, 0.2) is 29.3 Å². The molecule has 1 aromatic carbocycles. The minimum absolute atomic E-state index is 0. The molecule has 26 heavy (non-hydrogen) atoms. The number of ether oxygens (including phenoxy) is 1. The van der Waals surface area contributed by atoms with Gasteiger partial charge in [-0.15, -0.1) is 24.0 Å². The molecule has 3 N–H and O–H groups in total. The zero-order valence-electron chi connectivity index (χ0n) is 15.7. The minimum atomic E-state index is -0.312. The summed E-state index contributed by atoms with van der Waals surface area (Å²) in [5.74, 6) is 0.737. The fourth-order valence-corrected chi connectivity index (χ4v) is 2.75. The molecule has 1 unspecified atom stereocenters. The molecule has 146 valence electrons. The van der Waals surface area contributed by atoms with E-state index in [9.17, 15) is 4.79 Å². The van der Waals surface area contributed by atoms with Crippen molar-refractivity contribution < 1.29 is 9.53 Å². The summed E-state index contributed by atoms with van der Waals surface area (Å²) >= 11 is 0. The Balaban J connectivity index is 0.00000338. The molecule has 1 aliphatic rings. The van der Waals surface area contributed by atoms with Crippen LogP contribution in [-0.4, -0.2) is 38.2 Å². The molecular formula is C19H31IN4O2. The smallest absolute Gasteiger partial charge is 0.253 e. The maximum atomic E-state index is 12.1. The summed E-state index contributed by atoms with van der Waals surface area (Å²) < 4.78 is 5.42. The predicted molar refractivity (Wildman–Crippen MR) is 117 cm³/mol. The number of unbranched alkanes of at least 4 members (excludes halogenated alkanes) is 2. The molecule has 1 aromatic rings. The Morgan fingerprint density at radius 1 is 1.31 bits per heavy atom. The zero-order valence-corrected chi connectivity index (χ0v) is 18.0. The van der Waals surface area contributed by atoms with Crippen molar-refractivity contribution in [2.45, 2.75) is 51.7 Å². The molecule has 1 atom stereocenters. The van der Waals surface area contributed by atoms with E-state index in [1.165, 1.54) is 12.8 Å². The molecule has 0 aliphatic carbocycles. The Kier molecular flexibility index (Phi) is 11.3. The van der Waals surface area contributed by atoms with Gasteiger partial charge in [0.15, 0.2) is 5.96 Å². The number of carbonyl (C=O) groups excluding carboxylic acids is 1. The molecule has 1 amide bonds. The van der Waals surface area contributed by atoms with E-state index in [4.69, 9.17) is 4.74 Å². The number of nitrogens with zero attached hydrogens (tertiary/aromatic N) is 1. The van der Waals surface area contributed by atoms with E-state index in [0.29, 0.717) is 13.2 Å². The highest BCUT2D eigenvalue weighted by Gasteiger charge is 2.23. The molecule has 7 heteroatoms. The van der Waals surface area contributed by atoms with Crippen molar-refractivity contribution in [1.82, 2.24) is 10.6 Å². The molecule has 1 aliphatic heterocycles. The van der Waals surface area contributed by atoms with Crippen LogP contribution < -0.4 is 16.0 Å². The molecular weight excluding hydrogens is 443 g/mol. The summed E-state index contributed by atoms with van der Waals surface area (Å²) in [4.78, 5) is 16.4. The second kappa shape index (κ2) is 12.9. The van der Waals surface area contributed by atoms with Crippen molar-refractivity contribution in [2.24, 2.45) is 4.99 Å². The SMILES string of the molecule is CCCCCNC(=NC)NCc1cccc(NC(=O)C2CCCO2)c1.I. The largest absolute Gasteiger partial charge is 0.368 e. The van der Waals surface area contributed by atoms with Crippen molar-refractivity contribution in [3.8, 4) is 0 Å². The molecule has 0 spiro atoms. The van der Waals surface area contributed by atoms with Gasteiger partial charge in [-0.3, -0.25) is 9.79 Å². The molecule has 0 bridgehead atoms. The molecule has 1 fully saturated rings. The number of halogens is 1. The van der Waals surface area contributed by atoms with Crippen LogP contribution in [0, 0.1) is 0 Å². The lowest BCUT2D eigenvalue weighted by molar-refractivity contribution is -0.124. The van der Waals surface area contributed by atoms with E-state index in [-0.39, 0.29) is 36.0 Å². The van der Waals surface area contributed by atoms with Gasteiger partial charge in [0.1, 0.15) is 6.10 Å². The van der Waals surface area contributed by atoms with Crippen LogP contribution in [0.5, 0.6) is 0 Å². The van der Waals surface area contributed by atoms with Gasteiger partial charge in [0.25, 0.3) is 5.91 Å². The Bertz CT molecular complexity index is 574. The zero-order chi connectivity index (χ0) is 17.9. The average Bonchev–Trinajstić information content (AvgIpc) is 3.16. The van der Waals surface area contributed by atoms with Gasteiger partial charge < -0.3 is 20.7 Å². The van der Waals surface area contributed by atoms with Gasteiger partial charge in [0.05, 0.1) is 0 Å². The van der Waals surface area contributed by atoms with Gasteiger partial charge in [-0.1, -0.05) is 31.9 Å². The third-order valence-electron chi connectivity index (χ3n) is 4.17. The number of rotatable bonds is 8. The lowest BCUT2D eigenvalue weighted by atomic mass is 10.2. The van der Waals surface area contributed by atoms with Crippen molar-refractivity contribution in [1.29, 1.82) is 0 Å². The average molecular weight is 474 g/mol. The fraction of sp³-hybridized carbons (Fsp3) is 0.579. The van der Waals surface area contributed by atoms with Gasteiger partial charge in [0, 0.05) is 32.4 Å². The van der Waals surface area contributed by atoms with Gasteiger partial charge in [-0.25, -0.2) is 0 Å². The number of guanidine groups is 1. The van der Waals surface area contributed by atoms with Crippen molar-refractivity contribution in [2.75, 3.05) is 25.5 Å². The number of anilines is 1. The third-order valence-corrected chi connectivity index (χ3v) is 4.17. The second-order valence-corrected chi connectivity index (χ2v) is 6.25. The summed E-state index contributed by atoms with van der Waals surface area (Å²) in [5, 5.41) is 9.55. The second-order valence-electron chi connectivity index (χ2n) is 6.25. The topological polar surface area (TPSA) is 74.8 Å². The van der Waals surface area contributed by atoms with E-state index >= 15 is 0 Å². The van der Waals surface area contributed by atoms with Crippen molar-refractivity contribution in [3.63, 3.8) is 0 Å². The lowest BCUT2D eigenvalue weighted by Crippen LogP contribution is -2.37. The summed E-state index contributed by atoms with van der Waals surface area (Å²) in [5.41, 5.74) is 1.88. The van der Waals surface area contributed by atoms with E-state index in [1.807, 2.05) is 24.3 Å². The standard InChI is InChI=1S/C19H30N4O2.HI/c1-3-4-5-11-21-19(20-2)22-14-15-8-6-9-16(13-15)23-18(24)17-10-7-12-25-17;/h6,8-9,13,17H,3-5,7,10-12,14H2,1-2H3,(H,23,24)(H2,20,21,22);1H. The summed E-state index contributed by atoms with van der Waals surface area (Å²) in [7, 11) is 1.77. The fourth-order valence-electron chi connectivity index (χ4n) is 2.75. The first-order chi connectivity index (χ1) is 12.2. The predicted octanol–water partition coefficient (Wildman–Crippen LogP) is 3.28. The number of benzene rings is 1. The van der Waals surface area contributed by atoms with Gasteiger partial charge >= 0.3 is 0 Å². The molecule has 0 radical (unpaired) electrons. The van der Waals surface area contributed by atoms with Gasteiger partial charge in [-0.2, -0.15) is 0 Å². The highest BCUT2D eigenvalue weighted by Crippen LogP contribution is 2.16. The number of hydrogen-bond donors (Lipinski definition) is 3. The van der Waals surface area contributed by atoms with E-state index in [1.54, 1.807) is 7.05 Å². The van der Waals surface area contributed by atoms with E-state index in [0.717, 1.165) is 43.0 Å². The maximum Gasteiger partial charge on any atom is 0.253 e. The number of carbonyl (C=O) groups is 1. The molecule has 1 saturated heterocycles. The minimum Gasteiger partial charge on any atom is -0.368 e. The number of hydrogen-bond acceptors (Lipinski definition) is 3. The number of amides is 1. The van der Waals surface area contributed by atoms with Crippen molar-refractivity contribution >= 4 is 41.5 Å². The number of nitrogens with one attached hydrogen (secondary N) is 3. The van der Waals surface area contributed by atoms with Gasteiger partial charge in [0.2, 0.25) is 0 Å². The molecule has 6 nitrogen and oxygen atoms in total. The van der Waals surface area contributed by atoms with Crippen LogP contribution in [-0.2, 0) is 16.1 Å². The normalized spacial score (nSPS) is 16.7. The first kappa shape index (κ1) is 22.7. The lowest BCUT2D eigenvalue weighted by Gasteiger charge is -2.13. The Labute approximate surface area is 173 Å². The Morgan fingerprint density at radius 3 is 2.85 bits per heavy atom. The van der Waals surface area contributed by atoms with Crippen LogP contribution in [0.25, 0.3) is 0 Å². The number of aliphatic imine (C=N–C) groups is 1. The molecule has 2 rings (SSSR count). The van der Waals surface area contributed by atoms with Crippen molar-refractivity contribution in [3.05, 3.63) is 29.8 Å². The maximum absolute atomic E-state index is 12.1. The quantitative estimate of drug-likeness (QED) is 0.234. The Morgan fingerprint density at radius 2 is 2.15 bits per heavy atom. The van der Waals surface area contributed by atoms with E-state index in [2.05, 4.69) is 27.9 Å². The van der Waals surface area contributed by atoms with Crippen LogP contribution in [0.1, 0.15) is 44.6 Å². The highest BCUT2D eigenvalue weighted by atomic mass is 127. The molecule has 0 aromatic heterocycles. The first-order valence-corrected chi connectivity index (χ1v) is 9.19. The Hall–Kier alpha value is -1.35. The summed E-state index contributed by atoms with van der Waals surface area (Å²) in [6.07, 6.45) is 5.00. The van der Waals surface area contributed by atoms with Gasteiger partial charge in [-0.05, 0) is 37.0 Å². The van der Waals surface area contributed by atoms with Crippen LogP contribution in [0.2, 0.25) is 0 Å². The monoisotopic (exact) mass is 474 g/mol. The van der Waals surface area contributed by atoms with Crippen LogP contribution in [0.3, 0.4) is 0 Å². The third kappa shape index (κ3) is 7.90. The first-order valence-electron chi connectivity index (χ1n) is 9.19. The molecule has 1 heterocycles. The van der Waals surface area contributed by atoms with Crippen LogP contribution in [0.4, 0.5) is 5.69 Å². The van der Waals surface area contributed by atoms with E-state index < -0.39 is 0 Å².